The summed E-state index contributed by atoms with van der Waals surface area (Å²) in [7, 11) is 1.62. The van der Waals surface area contributed by atoms with E-state index in [4.69, 9.17) is 4.74 Å². The Morgan fingerprint density at radius 2 is 2.44 bits per heavy atom. The largest absolute Gasteiger partial charge is 0.480 e. The van der Waals surface area contributed by atoms with Crippen LogP contribution in [0.25, 0.3) is 0 Å². The van der Waals surface area contributed by atoms with E-state index < -0.39 is 0 Å². The maximum Gasteiger partial charge on any atom is 0.226 e. The van der Waals surface area contributed by atoms with Crippen LogP contribution in [0.2, 0.25) is 0 Å². The van der Waals surface area contributed by atoms with Gasteiger partial charge in [-0.3, -0.25) is 0 Å². The molecule has 48 valence electrons. The molecule has 2 nitrogen and oxygen atoms in total. The number of aromatic nitrogens is 1. The minimum atomic E-state index is 0.693. The fourth-order valence-corrected chi connectivity index (χ4v) is 1.09. The summed E-state index contributed by atoms with van der Waals surface area (Å²) in [4.78, 5) is 3.97. The number of halogens is 1. The fourth-order valence-electron chi connectivity index (χ4n) is 0.521. The van der Waals surface area contributed by atoms with Gasteiger partial charge in [0, 0.05) is 6.20 Å². The smallest absolute Gasteiger partial charge is 0.226 e. The monoisotopic (exact) mass is 235 g/mol. The van der Waals surface area contributed by atoms with Crippen LogP contribution in [0.15, 0.2) is 18.3 Å². The zero-order chi connectivity index (χ0) is 6.69. The average Bonchev–Trinajstić information content (AvgIpc) is 1.89. The predicted octanol–water partition coefficient (Wildman–Crippen LogP) is 1.69. The van der Waals surface area contributed by atoms with Gasteiger partial charge in [0.25, 0.3) is 0 Å². The maximum absolute atomic E-state index is 4.93. The molecule has 1 rings (SSSR count). The van der Waals surface area contributed by atoms with E-state index in [2.05, 4.69) is 27.6 Å². The van der Waals surface area contributed by atoms with Crippen LogP contribution < -0.4 is 4.74 Å². The van der Waals surface area contributed by atoms with Crippen LogP contribution >= 0.6 is 22.6 Å². The summed E-state index contributed by atoms with van der Waals surface area (Å²) in [6.07, 6.45) is 1.71. The van der Waals surface area contributed by atoms with Crippen molar-refractivity contribution in [3.05, 3.63) is 21.9 Å². The summed E-state index contributed by atoms with van der Waals surface area (Å²) in [5.41, 5.74) is 0. The SMILES string of the molecule is COc1ncccc1I. The first-order chi connectivity index (χ1) is 4.34. The predicted molar refractivity (Wildman–Crippen MR) is 43.5 cm³/mol. The molecule has 9 heavy (non-hydrogen) atoms. The highest BCUT2D eigenvalue weighted by atomic mass is 127. The number of methoxy groups -OCH3 is 1. The summed E-state index contributed by atoms with van der Waals surface area (Å²) in [5, 5.41) is 0. The lowest BCUT2D eigenvalue weighted by atomic mass is 10.5. The Hall–Kier alpha value is -0.320. The van der Waals surface area contributed by atoms with Gasteiger partial charge in [0.1, 0.15) is 0 Å². The lowest BCUT2D eigenvalue weighted by Gasteiger charge is -1.97. The lowest BCUT2D eigenvalue weighted by molar-refractivity contribution is 0.394. The normalized spacial score (nSPS) is 9.11. The molecule has 3 heteroatoms. The first-order valence-electron chi connectivity index (χ1n) is 2.49. The second kappa shape index (κ2) is 3.00. The number of rotatable bonds is 1. The van der Waals surface area contributed by atoms with Gasteiger partial charge in [0.2, 0.25) is 5.88 Å². The van der Waals surface area contributed by atoms with E-state index in [1.54, 1.807) is 13.3 Å². The molecule has 0 aliphatic heterocycles. The van der Waals surface area contributed by atoms with Crippen LogP contribution in [0.5, 0.6) is 5.88 Å². The molecule has 0 spiro atoms. The van der Waals surface area contributed by atoms with E-state index in [-0.39, 0.29) is 0 Å². The highest BCUT2D eigenvalue weighted by Crippen LogP contribution is 2.14. The molecule has 1 aromatic heterocycles. The lowest BCUT2D eigenvalue weighted by Crippen LogP contribution is -1.88. The van der Waals surface area contributed by atoms with Crippen molar-refractivity contribution < 1.29 is 4.74 Å². The van der Waals surface area contributed by atoms with Crippen LogP contribution in [-0.2, 0) is 0 Å². The summed E-state index contributed by atoms with van der Waals surface area (Å²) in [6.45, 7) is 0. The van der Waals surface area contributed by atoms with E-state index in [9.17, 15) is 0 Å². The zero-order valence-electron chi connectivity index (χ0n) is 4.97. The van der Waals surface area contributed by atoms with Crippen LogP contribution in [0, 0.1) is 3.57 Å². The topological polar surface area (TPSA) is 22.1 Å². The molecule has 0 N–H and O–H groups in total. The van der Waals surface area contributed by atoms with Crippen molar-refractivity contribution in [1.29, 1.82) is 0 Å². The minimum absolute atomic E-state index is 0.693. The molecule has 0 amide bonds. The molecule has 1 heterocycles. The number of ether oxygens (including phenoxy) is 1. The minimum Gasteiger partial charge on any atom is -0.480 e. The summed E-state index contributed by atoms with van der Waals surface area (Å²) >= 11 is 2.17. The Balaban J connectivity index is 3.01. The molecule has 0 aliphatic rings. The Kier molecular flexibility index (Phi) is 2.27. The molecule has 0 unspecified atom stereocenters. The molecule has 0 fully saturated rings. The highest BCUT2D eigenvalue weighted by Gasteiger charge is 1.94. The second-order valence-corrected chi connectivity index (χ2v) is 2.66. The third-order valence-electron chi connectivity index (χ3n) is 0.918. The van der Waals surface area contributed by atoms with Gasteiger partial charge in [-0.05, 0) is 34.7 Å². The van der Waals surface area contributed by atoms with Crippen LogP contribution in [0.1, 0.15) is 0 Å². The fraction of sp³-hybridized carbons (Fsp3) is 0.167. The van der Waals surface area contributed by atoms with E-state index in [0.717, 1.165) is 3.57 Å². The molecular formula is C6H6INO. The van der Waals surface area contributed by atoms with Crippen LogP contribution in [-0.4, -0.2) is 12.1 Å². The molecule has 0 aromatic carbocycles. The first-order valence-corrected chi connectivity index (χ1v) is 3.57. The highest BCUT2D eigenvalue weighted by molar-refractivity contribution is 14.1. The standard InChI is InChI=1S/C6H6INO/c1-9-6-5(7)3-2-4-8-6/h2-4H,1H3. The van der Waals surface area contributed by atoms with Gasteiger partial charge < -0.3 is 4.74 Å². The third-order valence-corrected chi connectivity index (χ3v) is 1.74. The van der Waals surface area contributed by atoms with Gasteiger partial charge in [-0.2, -0.15) is 0 Å². The van der Waals surface area contributed by atoms with E-state index in [1.165, 1.54) is 0 Å². The molecular weight excluding hydrogens is 229 g/mol. The number of hydrogen-bond donors (Lipinski definition) is 0. The van der Waals surface area contributed by atoms with Gasteiger partial charge >= 0.3 is 0 Å². The molecule has 0 radical (unpaired) electrons. The van der Waals surface area contributed by atoms with Crippen molar-refractivity contribution in [3.8, 4) is 5.88 Å². The van der Waals surface area contributed by atoms with E-state index in [1.807, 2.05) is 12.1 Å². The van der Waals surface area contributed by atoms with E-state index >= 15 is 0 Å². The Labute approximate surface area is 67.4 Å². The van der Waals surface area contributed by atoms with Crippen LogP contribution in [0.4, 0.5) is 0 Å². The van der Waals surface area contributed by atoms with Crippen molar-refractivity contribution in [2.75, 3.05) is 7.11 Å². The van der Waals surface area contributed by atoms with Crippen LogP contribution in [0.3, 0.4) is 0 Å². The quantitative estimate of drug-likeness (QED) is 0.691. The Morgan fingerprint density at radius 1 is 1.67 bits per heavy atom. The summed E-state index contributed by atoms with van der Waals surface area (Å²) < 4.78 is 5.97. The van der Waals surface area contributed by atoms with Crippen molar-refractivity contribution in [2.45, 2.75) is 0 Å². The maximum atomic E-state index is 4.93. The Morgan fingerprint density at radius 3 is 2.89 bits per heavy atom. The second-order valence-electron chi connectivity index (χ2n) is 1.49. The number of pyridine rings is 1. The molecule has 0 saturated heterocycles. The van der Waals surface area contributed by atoms with Crippen molar-refractivity contribution in [2.24, 2.45) is 0 Å². The molecule has 0 atom stereocenters. The Bertz CT molecular complexity index is 202. The van der Waals surface area contributed by atoms with Gasteiger partial charge in [-0.25, -0.2) is 4.98 Å². The van der Waals surface area contributed by atoms with Crippen molar-refractivity contribution in [1.82, 2.24) is 4.98 Å². The van der Waals surface area contributed by atoms with Gasteiger partial charge in [-0.1, -0.05) is 0 Å². The van der Waals surface area contributed by atoms with Gasteiger partial charge in [-0.15, -0.1) is 0 Å². The van der Waals surface area contributed by atoms with E-state index in [0.29, 0.717) is 5.88 Å². The summed E-state index contributed by atoms with van der Waals surface area (Å²) in [5.74, 6) is 0.693. The molecule has 0 saturated carbocycles. The zero-order valence-corrected chi connectivity index (χ0v) is 7.12. The van der Waals surface area contributed by atoms with Crippen molar-refractivity contribution >= 4 is 22.6 Å². The number of nitrogens with zero attached hydrogens (tertiary/aromatic N) is 1. The first kappa shape index (κ1) is 6.80. The molecule has 1 aromatic rings. The summed E-state index contributed by atoms with van der Waals surface area (Å²) in [6, 6.07) is 3.83. The van der Waals surface area contributed by atoms with Gasteiger partial charge in [0.05, 0.1) is 10.7 Å². The van der Waals surface area contributed by atoms with Crippen molar-refractivity contribution in [3.63, 3.8) is 0 Å². The third kappa shape index (κ3) is 1.54. The number of hydrogen-bond acceptors (Lipinski definition) is 2. The molecule has 0 bridgehead atoms. The van der Waals surface area contributed by atoms with Gasteiger partial charge in [0.15, 0.2) is 0 Å². The average molecular weight is 235 g/mol. The molecule has 0 aliphatic carbocycles.